The van der Waals surface area contributed by atoms with Crippen LogP contribution in [0.25, 0.3) is 5.70 Å². The number of rotatable bonds is 9. The van der Waals surface area contributed by atoms with Gasteiger partial charge in [0.2, 0.25) is 0 Å². The first-order valence-electron chi connectivity index (χ1n) is 11.9. The van der Waals surface area contributed by atoms with E-state index < -0.39 is 0 Å². The SMILES string of the molecule is C=C(C/C(C)=C/CCC)C(=C)N1C=C(c2cccc(C)c2C)NC(Cc2ccccc2)=C1C. The minimum absolute atomic E-state index is 0.834. The quantitative estimate of drug-likeness (QED) is 0.313. The monoisotopic (exact) mass is 438 g/mol. The van der Waals surface area contributed by atoms with Gasteiger partial charge < -0.3 is 10.2 Å². The molecule has 0 radical (unpaired) electrons. The summed E-state index contributed by atoms with van der Waals surface area (Å²) in [4.78, 5) is 2.22. The highest BCUT2D eigenvalue weighted by Crippen LogP contribution is 2.32. The lowest BCUT2D eigenvalue weighted by Gasteiger charge is -2.34. The summed E-state index contributed by atoms with van der Waals surface area (Å²) in [6.07, 6.45) is 8.45. The van der Waals surface area contributed by atoms with Gasteiger partial charge in [-0.3, -0.25) is 0 Å². The molecule has 0 saturated heterocycles. The summed E-state index contributed by atoms with van der Waals surface area (Å²) in [7, 11) is 0. The number of allylic oxidation sites excluding steroid dienone is 5. The number of nitrogens with zero attached hydrogens (tertiary/aromatic N) is 1. The normalized spacial score (nSPS) is 14.2. The maximum atomic E-state index is 4.46. The van der Waals surface area contributed by atoms with Crippen LogP contribution >= 0.6 is 0 Å². The molecular weight excluding hydrogens is 400 g/mol. The van der Waals surface area contributed by atoms with Crippen molar-refractivity contribution in [3.8, 4) is 0 Å². The molecule has 2 aromatic carbocycles. The lowest BCUT2D eigenvalue weighted by molar-refractivity contribution is 0.552. The molecule has 1 aliphatic heterocycles. The van der Waals surface area contributed by atoms with E-state index in [9.17, 15) is 0 Å². The summed E-state index contributed by atoms with van der Waals surface area (Å²) >= 11 is 0. The van der Waals surface area contributed by atoms with E-state index in [1.165, 1.54) is 33.5 Å². The molecule has 0 unspecified atom stereocenters. The molecule has 3 rings (SSSR count). The van der Waals surface area contributed by atoms with E-state index in [2.05, 4.69) is 119 Å². The topological polar surface area (TPSA) is 15.3 Å². The van der Waals surface area contributed by atoms with E-state index in [0.29, 0.717) is 0 Å². The number of benzene rings is 2. The van der Waals surface area contributed by atoms with E-state index in [1.54, 1.807) is 0 Å². The number of aryl methyl sites for hydroxylation is 1. The van der Waals surface area contributed by atoms with Crippen LogP contribution in [0.5, 0.6) is 0 Å². The predicted octanol–water partition coefficient (Wildman–Crippen LogP) is 8.19. The second kappa shape index (κ2) is 11.0. The minimum atomic E-state index is 0.834. The molecule has 0 aromatic heterocycles. The highest BCUT2D eigenvalue weighted by molar-refractivity contribution is 5.71. The van der Waals surface area contributed by atoms with Crippen molar-refractivity contribution in [2.24, 2.45) is 0 Å². The van der Waals surface area contributed by atoms with Gasteiger partial charge in [0, 0.05) is 35.3 Å². The minimum Gasteiger partial charge on any atom is -0.355 e. The molecule has 2 nitrogen and oxygen atoms in total. The van der Waals surface area contributed by atoms with Crippen molar-refractivity contribution in [2.75, 3.05) is 0 Å². The standard InChI is InChI=1S/C31H38N2/c1-8-9-14-22(2)19-24(4)26(6)33-21-31(29-18-13-15-23(3)25(29)5)32-30(27(33)7)20-28-16-11-10-12-17-28/h10-18,21,32H,4,6,8-9,19-20H2,1-3,5,7H3/b22-14+. The maximum absolute atomic E-state index is 4.46. The van der Waals surface area contributed by atoms with Crippen LogP contribution < -0.4 is 5.32 Å². The number of hydrogen-bond acceptors (Lipinski definition) is 2. The Labute approximate surface area is 200 Å². The van der Waals surface area contributed by atoms with Crippen LogP contribution in [0.15, 0.2) is 102 Å². The Balaban J connectivity index is 1.98. The average molecular weight is 439 g/mol. The lowest BCUT2D eigenvalue weighted by atomic mass is 9.98. The highest BCUT2D eigenvalue weighted by Gasteiger charge is 2.22. The fourth-order valence-electron chi connectivity index (χ4n) is 4.16. The third kappa shape index (κ3) is 5.96. The zero-order valence-corrected chi connectivity index (χ0v) is 21.0. The summed E-state index contributed by atoms with van der Waals surface area (Å²) in [5, 5.41) is 3.75. The molecule has 2 heteroatoms. The van der Waals surface area contributed by atoms with E-state index >= 15 is 0 Å². The highest BCUT2D eigenvalue weighted by atomic mass is 15.2. The average Bonchev–Trinajstić information content (AvgIpc) is 2.81. The molecule has 0 amide bonds. The summed E-state index contributed by atoms with van der Waals surface area (Å²) in [6.45, 7) is 19.8. The van der Waals surface area contributed by atoms with Crippen molar-refractivity contribution in [1.82, 2.24) is 10.2 Å². The third-order valence-electron chi connectivity index (χ3n) is 6.43. The second-order valence-electron chi connectivity index (χ2n) is 9.08. The van der Waals surface area contributed by atoms with Crippen molar-refractivity contribution >= 4 is 5.70 Å². The van der Waals surface area contributed by atoms with Crippen LogP contribution in [0.2, 0.25) is 0 Å². The summed E-state index contributed by atoms with van der Waals surface area (Å²) < 4.78 is 0. The molecule has 0 spiro atoms. The summed E-state index contributed by atoms with van der Waals surface area (Å²) in [5.41, 5.74) is 11.9. The molecule has 0 fully saturated rings. The van der Waals surface area contributed by atoms with E-state index in [0.717, 1.165) is 48.3 Å². The van der Waals surface area contributed by atoms with Gasteiger partial charge in [-0.05, 0) is 62.8 Å². The summed E-state index contributed by atoms with van der Waals surface area (Å²) in [6, 6.07) is 17.1. The van der Waals surface area contributed by atoms with Crippen molar-refractivity contribution in [3.05, 3.63) is 124 Å². The zero-order valence-electron chi connectivity index (χ0n) is 21.0. The van der Waals surface area contributed by atoms with Gasteiger partial charge in [0.1, 0.15) is 0 Å². The molecule has 33 heavy (non-hydrogen) atoms. The molecule has 0 saturated carbocycles. The van der Waals surface area contributed by atoms with Gasteiger partial charge in [0.25, 0.3) is 0 Å². The molecule has 0 aliphatic carbocycles. The molecule has 1 N–H and O–H groups in total. The Kier molecular flexibility index (Phi) is 8.16. The van der Waals surface area contributed by atoms with E-state index in [4.69, 9.17) is 0 Å². The van der Waals surface area contributed by atoms with Gasteiger partial charge in [0.05, 0.1) is 5.70 Å². The van der Waals surface area contributed by atoms with Crippen LogP contribution in [0.3, 0.4) is 0 Å². The van der Waals surface area contributed by atoms with Crippen LogP contribution in [-0.4, -0.2) is 4.90 Å². The van der Waals surface area contributed by atoms with Crippen molar-refractivity contribution < 1.29 is 0 Å². The smallest absolute Gasteiger partial charge is 0.0627 e. The Bertz CT molecular complexity index is 1110. The molecular formula is C31H38N2. The molecule has 0 atom stereocenters. The van der Waals surface area contributed by atoms with Gasteiger partial charge in [-0.1, -0.05) is 86.7 Å². The fraction of sp³-hybridized carbons (Fsp3) is 0.290. The number of hydrogen-bond donors (Lipinski definition) is 1. The lowest BCUT2D eigenvalue weighted by Crippen LogP contribution is -2.29. The Morgan fingerprint density at radius 1 is 1.00 bits per heavy atom. The van der Waals surface area contributed by atoms with Crippen molar-refractivity contribution in [3.63, 3.8) is 0 Å². The number of nitrogens with one attached hydrogen (secondary N) is 1. The van der Waals surface area contributed by atoms with Crippen LogP contribution in [0, 0.1) is 13.8 Å². The first-order chi connectivity index (χ1) is 15.8. The van der Waals surface area contributed by atoms with E-state index in [1.807, 2.05) is 0 Å². The zero-order chi connectivity index (χ0) is 24.0. The molecule has 1 aliphatic rings. The van der Waals surface area contributed by atoms with Crippen molar-refractivity contribution in [1.29, 1.82) is 0 Å². The van der Waals surface area contributed by atoms with Crippen molar-refractivity contribution in [2.45, 2.75) is 60.3 Å². The molecule has 172 valence electrons. The number of unbranched alkanes of at least 4 members (excludes halogenated alkanes) is 1. The first kappa shape index (κ1) is 24.4. The second-order valence-corrected chi connectivity index (χ2v) is 9.08. The maximum Gasteiger partial charge on any atom is 0.0627 e. The molecule has 1 heterocycles. The summed E-state index contributed by atoms with van der Waals surface area (Å²) in [5.74, 6) is 0. The van der Waals surface area contributed by atoms with Gasteiger partial charge in [-0.15, -0.1) is 0 Å². The molecule has 0 bridgehead atoms. The first-order valence-corrected chi connectivity index (χ1v) is 11.9. The predicted molar refractivity (Wildman–Crippen MR) is 143 cm³/mol. The Morgan fingerprint density at radius 3 is 2.42 bits per heavy atom. The third-order valence-corrected chi connectivity index (χ3v) is 6.43. The van der Waals surface area contributed by atoms with Gasteiger partial charge in [-0.25, -0.2) is 0 Å². The van der Waals surface area contributed by atoms with E-state index in [-0.39, 0.29) is 0 Å². The Hall–Kier alpha value is -3.26. The van der Waals surface area contributed by atoms with Crippen LogP contribution in [0.4, 0.5) is 0 Å². The Morgan fingerprint density at radius 2 is 1.73 bits per heavy atom. The molecule has 2 aromatic rings. The van der Waals surface area contributed by atoms with Gasteiger partial charge in [-0.2, -0.15) is 0 Å². The van der Waals surface area contributed by atoms with Gasteiger partial charge >= 0.3 is 0 Å². The fourth-order valence-corrected chi connectivity index (χ4v) is 4.16. The van der Waals surface area contributed by atoms with Crippen LogP contribution in [-0.2, 0) is 6.42 Å². The van der Waals surface area contributed by atoms with Gasteiger partial charge in [0.15, 0.2) is 0 Å². The largest absolute Gasteiger partial charge is 0.355 e. The van der Waals surface area contributed by atoms with Crippen LogP contribution in [0.1, 0.15) is 62.3 Å².